The van der Waals surface area contributed by atoms with E-state index >= 15 is 0 Å². The van der Waals surface area contributed by atoms with E-state index in [0.29, 0.717) is 13.0 Å². The van der Waals surface area contributed by atoms with E-state index in [4.69, 9.17) is 0 Å². The maximum atomic E-state index is 13.5. The summed E-state index contributed by atoms with van der Waals surface area (Å²) in [5.74, 6) is -1.75. The normalized spacial score (nSPS) is 22.6. The molecule has 1 aromatic carbocycles. The molecular weight excluding hydrogens is 267 g/mol. The second-order valence-electron chi connectivity index (χ2n) is 5.11. The number of carbonyl (C=O) groups is 1. The number of rotatable bonds is 3. The van der Waals surface area contributed by atoms with Crippen LogP contribution in [0.4, 0.5) is 15.8 Å². The van der Waals surface area contributed by atoms with Crippen molar-refractivity contribution in [3.05, 3.63) is 34.1 Å². The lowest BCUT2D eigenvalue weighted by Gasteiger charge is -2.43. The number of benzene rings is 1. The van der Waals surface area contributed by atoms with Gasteiger partial charge in [-0.3, -0.25) is 10.1 Å². The number of hydrogen-bond acceptors (Lipinski definition) is 4. The number of carboxylic acid groups (broad SMARTS) is 1. The van der Waals surface area contributed by atoms with Crippen LogP contribution in [0.3, 0.4) is 0 Å². The third-order valence-corrected chi connectivity index (χ3v) is 3.74. The summed E-state index contributed by atoms with van der Waals surface area (Å²) >= 11 is 0. The van der Waals surface area contributed by atoms with Gasteiger partial charge in [-0.15, -0.1) is 0 Å². The molecule has 1 aliphatic heterocycles. The third-order valence-electron chi connectivity index (χ3n) is 3.74. The van der Waals surface area contributed by atoms with Crippen molar-refractivity contribution in [2.24, 2.45) is 0 Å². The zero-order chi connectivity index (χ0) is 14.9. The molecule has 1 aromatic rings. The molecule has 1 aliphatic rings. The number of non-ortho nitro benzene ring substituents is 1. The molecule has 1 unspecified atom stereocenters. The molecule has 108 valence electrons. The van der Waals surface area contributed by atoms with Gasteiger partial charge < -0.3 is 10.0 Å². The highest BCUT2D eigenvalue weighted by Crippen LogP contribution is 2.35. The van der Waals surface area contributed by atoms with Crippen LogP contribution in [0, 0.1) is 15.9 Å². The maximum Gasteiger partial charge on any atom is 0.329 e. The monoisotopic (exact) mass is 282 g/mol. The smallest absolute Gasteiger partial charge is 0.329 e. The topological polar surface area (TPSA) is 83.7 Å². The van der Waals surface area contributed by atoms with Gasteiger partial charge in [0.1, 0.15) is 11.4 Å². The Morgan fingerprint density at radius 1 is 1.45 bits per heavy atom. The van der Waals surface area contributed by atoms with Gasteiger partial charge in [-0.1, -0.05) is 0 Å². The average Bonchev–Trinajstić information content (AvgIpc) is 2.38. The summed E-state index contributed by atoms with van der Waals surface area (Å²) in [6.45, 7) is 1.99. The SMILES string of the molecule is CC1(C(=O)O)CCCCN1c1cc(F)cc([N+](=O)[O-])c1. The first-order chi connectivity index (χ1) is 9.34. The van der Waals surface area contributed by atoms with Crippen LogP contribution in [0.1, 0.15) is 26.2 Å². The van der Waals surface area contributed by atoms with Crippen LogP contribution in [-0.4, -0.2) is 28.1 Å². The Morgan fingerprint density at radius 3 is 2.75 bits per heavy atom. The highest BCUT2D eigenvalue weighted by molar-refractivity contribution is 5.83. The first-order valence-electron chi connectivity index (χ1n) is 6.30. The van der Waals surface area contributed by atoms with Gasteiger partial charge in [-0.2, -0.15) is 0 Å². The summed E-state index contributed by atoms with van der Waals surface area (Å²) in [5.41, 5.74) is -1.31. The molecule has 0 amide bonds. The average molecular weight is 282 g/mol. The Hall–Kier alpha value is -2.18. The van der Waals surface area contributed by atoms with Gasteiger partial charge in [0.05, 0.1) is 11.0 Å². The van der Waals surface area contributed by atoms with Crippen molar-refractivity contribution in [1.29, 1.82) is 0 Å². The Morgan fingerprint density at radius 2 is 2.15 bits per heavy atom. The zero-order valence-electron chi connectivity index (χ0n) is 11.0. The predicted molar refractivity (Wildman–Crippen MR) is 70.3 cm³/mol. The summed E-state index contributed by atoms with van der Waals surface area (Å²) in [4.78, 5) is 23.1. The fourth-order valence-corrected chi connectivity index (χ4v) is 2.58. The van der Waals surface area contributed by atoms with Crippen molar-refractivity contribution in [2.45, 2.75) is 31.7 Å². The number of carboxylic acids is 1. The number of anilines is 1. The molecule has 0 aliphatic carbocycles. The quantitative estimate of drug-likeness (QED) is 0.680. The van der Waals surface area contributed by atoms with Crippen molar-refractivity contribution < 1.29 is 19.2 Å². The van der Waals surface area contributed by atoms with E-state index < -0.39 is 22.2 Å². The van der Waals surface area contributed by atoms with E-state index in [2.05, 4.69) is 0 Å². The minimum Gasteiger partial charge on any atom is -0.480 e. The molecule has 1 heterocycles. The number of nitro benzene ring substituents is 1. The molecule has 6 nitrogen and oxygen atoms in total. The van der Waals surface area contributed by atoms with Crippen molar-refractivity contribution in [2.75, 3.05) is 11.4 Å². The molecule has 1 N–H and O–H groups in total. The molecule has 1 fully saturated rings. The molecule has 0 saturated carbocycles. The van der Waals surface area contributed by atoms with E-state index in [1.165, 1.54) is 11.0 Å². The number of aliphatic carboxylic acids is 1. The van der Waals surface area contributed by atoms with E-state index in [1.807, 2.05) is 0 Å². The molecule has 0 radical (unpaired) electrons. The molecule has 0 spiro atoms. The summed E-state index contributed by atoms with van der Waals surface area (Å²) in [6, 6.07) is 3.18. The van der Waals surface area contributed by atoms with Gasteiger partial charge >= 0.3 is 5.97 Å². The number of piperidine rings is 1. The van der Waals surface area contributed by atoms with E-state index in [-0.39, 0.29) is 11.4 Å². The van der Waals surface area contributed by atoms with Crippen LogP contribution in [0.15, 0.2) is 18.2 Å². The lowest BCUT2D eigenvalue weighted by Crippen LogP contribution is -2.55. The fourth-order valence-electron chi connectivity index (χ4n) is 2.58. The number of nitrogens with zero attached hydrogens (tertiary/aromatic N) is 2. The summed E-state index contributed by atoms with van der Waals surface area (Å²) in [7, 11) is 0. The fraction of sp³-hybridized carbons (Fsp3) is 0.462. The molecule has 0 aromatic heterocycles. The standard InChI is InChI=1S/C13H15FN2O4/c1-13(12(17)18)4-2-3-5-15(13)10-6-9(14)7-11(8-10)16(19)20/h6-8H,2-5H2,1H3,(H,17,18). The first kappa shape index (κ1) is 14.2. The van der Waals surface area contributed by atoms with Crippen LogP contribution >= 0.6 is 0 Å². The molecule has 7 heteroatoms. The van der Waals surface area contributed by atoms with Crippen LogP contribution in [-0.2, 0) is 4.79 Å². The van der Waals surface area contributed by atoms with Gasteiger partial charge in [0, 0.05) is 18.3 Å². The van der Waals surface area contributed by atoms with Crippen LogP contribution in [0.25, 0.3) is 0 Å². The third kappa shape index (κ3) is 2.43. The summed E-state index contributed by atoms with van der Waals surface area (Å²) < 4.78 is 13.5. The second-order valence-corrected chi connectivity index (χ2v) is 5.11. The Balaban J connectivity index is 2.48. The van der Waals surface area contributed by atoms with Gasteiger partial charge in [-0.25, -0.2) is 9.18 Å². The van der Waals surface area contributed by atoms with Crippen molar-refractivity contribution in [1.82, 2.24) is 0 Å². The molecule has 1 saturated heterocycles. The number of nitro groups is 1. The second kappa shape index (κ2) is 5.07. The van der Waals surface area contributed by atoms with E-state index in [1.54, 1.807) is 6.92 Å². The summed E-state index contributed by atoms with van der Waals surface area (Å²) in [5, 5.41) is 20.2. The van der Waals surface area contributed by atoms with E-state index in [9.17, 15) is 24.4 Å². The highest BCUT2D eigenvalue weighted by atomic mass is 19.1. The van der Waals surface area contributed by atoms with Crippen LogP contribution in [0.5, 0.6) is 0 Å². The predicted octanol–water partition coefficient (Wildman–Crippen LogP) is 2.57. The van der Waals surface area contributed by atoms with Gasteiger partial charge in [0.25, 0.3) is 5.69 Å². The minimum absolute atomic E-state index is 0.237. The van der Waals surface area contributed by atoms with Crippen molar-refractivity contribution >= 4 is 17.3 Å². The lowest BCUT2D eigenvalue weighted by molar-refractivity contribution is -0.385. The zero-order valence-corrected chi connectivity index (χ0v) is 11.0. The molecule has 0 bridgehead atoms. The number of hydrogen-bond donors (Lipinski definition) is 1. The number of halogens is 1. The van der Waals surface area contributed by atoms with E-state index in [0.717, 1.165) is 25.0 Å². The van der Waals surface area contributed by atoms with Crippen LogP contribution in [0.2, 0.25) is 0 Å². The molecule has 2 rings (SSSR count). The van der Waals surface area contributed by atoms with Crippen LogP contribution < -0.4 is 4.90 Å². The molecular formula is C13H15FN2O4. The van der Waals surface area contributed by atoms with Crippen molar-refractivity contribution in [3.63, 3.8) is 0 Å². The first-order valence-corrected chi connectivity index (χ1v) is 6.30. The molecule has 20 heavy (non-hydrogen) atoms. The maximum absolute atomic E-state index is 13.5. The van der Waals surface area contributed by atoms with Gasteiger partial charge in [0.2, 0.25) is 0 Å². The Bertz CT molecular complexity index is 563. The van der Waals surface area contributed by atoms with Gasteiger partial charge in [-0.05, 0) is 32.3 Å². The Labute approximate surface area is 115 Å². The molecule has 1 atom stereocenters. The minimum atomic E-state index is -1.17. The Kier molecular flexibility index (Phi) is 3.61. The highest BCUT2D eigenvalue weighted by Gasteiger charge is 2.41. The van der Waals surface area contributed by atoms with Gasteiger partial charge in [0.15, 0.2) is 0 Å². The van der Waals surface area contributed by atoms with Crippen molar-refractivity contribution in [3.8, 4) is 0 Å². The largest absolute Gasteiger partial charge is 0.480 e. The lowest BCUT2D eigenvalue weighted by atomic mass is 9.88. The summed E-state index contributed by atoms with van der Waals surface area (Å²) in [6.07, 6.45) is 1.95.